The van der Waals surface area contributed by atoms with Crippen LogP contribution in [0.15, 0.2) is 24.3 Å². The number of carbonyl (C=O) groups excluding carboxylic acids is 1. The Bertz CT molecular complexity index is 367. The molecule has 1 unspecified atom stereocenters. The van der Waals surface area contributed by atoms with Gasteiger partial charge in [0.1, 0.15) is 11.8 Å². The lowest BCUT2D eigenvalue weighted by Gasteiger charge is -2.08. The van der Waals surface area contributed by atoms with Gasteiger partial charge in [-0.05, 0) is 17.7 Å². The maximum absolute atomic E-state index is 11.2. The highest BCUT2D eigenvalue weighted by Crippen LogP contribution is 2.12. The Balaban J connectivity index is 0.00000144. The molecular weight excluding hydrogens is 242 g/mol. The number of ether oxygens (including phenoxy) is 2. The lowest BCUT2D eigenvalue weighted by atomic mass is 10.2. The van der Waals surface area contributed by atoms with Gasteiger partial charge in [0.05, 0.1) is 13.7 Å². The predicted octanol–water partition coefficient (Wildman–Crippen LogP) is 1.52. The highest BCUT2D eigenvalue weighted by molar-refractivity contribution is 5.85. The van der Waals surface area contributed by atoms with E-state index >= 15 is 0 Å². The van der Waals surface area contributed by atoms with Crippen LogP contribution in [0.4, 0.5) is 0 Å². The van der Waals surface area contributed by atoms with Crippen molar-refractivity contribution in [1.29, 1.82) is 0 Å². The number of cyclic esters (lactones) is 1. The first-order chi connectivity index (χ1) is 7.79. The Morgan fingerprint density at radius 3 is 2.65 bits per heavy atom. The van der Waals surface area contributed by atoms with Crippen molar-refractivity contribution in [2.45, 2.75) is 19.0 Å². The van der Waals surface area contributed by atoms with Crippen LogP contribution >= 0.6 is 12.4 Å². The Morgan fingerprint density at radius 1 is 1.41 bits per heavy atom. The van der Waals surface area contributed by atoms with Gasteiger partial charge in [0, 0.05) is 13.0 Å². The third-order valence-electron chi connectivity index (χ3n) is 2.65. The van der Waals surface area contributed by atoms with E-state index in [-0.39, 0.29) is 24.4 Å². The molecule has 0 spiro atoms. The molecule has 1 atom stereocenters. The van der Waals surface area contributed by atoms with E-state index < -0.39 is 0 Å². The van der Waals surface area contributed by atoms with Gasteiger partial charge in [0.25, 0.3) is 0 Å². The van der Waals surface area contributed by atoms with Crippen LogP contribution in [0, 0.1) is 0 Å². The molecule has 0 bridgehead atoms. The van der Waals surface area contributed by atoms with Gasteiger partial charge >= 0.3 is 5.97 Å². The first-order valence-corrected chi connectivity index (χ1v) is 5.32. The Labute approximate surface area is 107 Å². The van der Waals surface area contributed by atoms with Crippen LogP contribution < -0.4 is 10.1 Å². The number of hydrogen-bond acceptors (Lipinski definition) is 4. The molecule has 0 aliphatic carbocycles. The van der Waals surface area contributed by atoms with Gasteiger partial charge < -0.3 is 14.8 Å². The Kier molecular flexibility index (Phi) is 5.25. The van der Waals surface area contributed by atoms with Crippen molar-refractivity contribution in [1.82, 2.24) is 5.32 Å². The lowest BCUT2D eigenvalue weighted by molar-refractivity contribution is -0.139. The summed E-state index contributed by atoms with van der Waals surface area (Å²) in [4.78, 5) is 11.2. The molecule has 1 aliphatic heterocycles. The fourth-order valence-electron chi connectivity index (χ4n) is 1.67. The summed E-state index contributed by atoms with van der Waals surface area (Å²) in [7, 11) is 1.64. The zero-order valence-electron chi connectivity index (χ0n) is 9.64. The Morgan fingerprint density at radius 2 is 2.12 bits per heavy atom. The number of rotatable bonds is 4. The molecule has 1 fully saturated rings. The van der Waals surface area contributed by atoms with Gasteiger partial charge in [-0.2, -0.15) is 0 Å². The van der Waals surface area contributed by atoms with Crippen molar-refractivity contribution < 1.29 is 14.3 Å². The number of esters is 1. The lowest BCUT2D eigenvalue weighted by Crippen LogP contribution is -2.32. The van der Waals surface area contributed by atoms with Gasteiger partial charge in [0.2, 0.25) is 0 Å². The number of hydrogen-bond donors (Lipinski definition) is 1. The minimum absolute atomic E-state index is 0. The maximum Gasteiger partial charge on any atom is 0.323 e. The van der Waals surface area contributed by atoms with Crippen LogP contribution in [0.25, 0.3) is 0 Å². The highest BCUT2D eigenvalue weighted by atomic mass is 35.5. The fraction of sp³-hybridized carbons (Fsp3) is 0.417. The standard InChI is InChI=1S/C12H15NO3.ClH/c1-15-10-4-2-9(3-5-10)8-13-11-6-7-16-12(11)14;/h2-5,11,13H,6-8H2,1H3;1H. The summed E-state index contributed by atoms with van der Waals surface area (Å²) in [5, 5.41) is 3.17. The summed E-state index contributed by atoms with van der Waals surface area (Å²) >= 11 is 0. The van der Waals surface area contributed by atoms with E-state index in [2.05, 4.69) is 5.32 Å². The zero-order chi connectivity index (χ0) is 11.4. The molecule has 1 saturated heterocycles. The molecule has 94 valence electrons. The predicted molar refractivity (Wildman–Crippen MR) is 66.4 cm³/mol. The van der Waals surface area contributed by atoms with E-state index in [9.17, 15) is 4.79 Å². The van der Waals surface area contributed by atoms with E-state index in [4.69, 9.17) is 9.47 Å². The summed E-state index contributed by atoms with van der Waals surface area (Å²) in [6.45, 7) is 1.20. The van der Waals surface area contributed by atoms with E-state index in [1.807, 2.05) is 24.3 Å². The molecule has 4 nitrogen and oxygen atoms in total. The molecule has 2 rings (SSSR count). The second-order valence-corrected chi connectivity index (χ2v) is 3.74. The average molecular weight is 258 g/mol. The van der Waals surface area contributed by atoms with Crippen LogP contribution in [0.3, 0.4) is 0 Å². The number of methoxy groups -OCH3 is 1. The molecule has 1 N–H and O–H groups in total. The Hall–Kier alpha value is -1.26. The quantitative estimate of drug-likeness (QED) is 0.831. The molecule has 0 amide bonds. The molecule has 1 aromatic carbocycles. The first kappa shape index (κ1) is 13.8. The van der Waals surface area contributed by atoms with Gasteiger partial charge in [-0.25, -0.2) is 0 Å². The minimum Gasteiger partial charge on any atom is -0.497 e. The maximum atomic E-state index is 11.2. The van der Waals surface area contributed by atoms with E-state index in [0.717, 1.165) is 17.7 Å². The first-order valence-electron chi connectivity index (χ1n) is 5.32. The number of benzene rings is 1. The topological polar surface area (TPSA) is 47.6 Å². The van der Waals surface area contributed by atoms with Gasteiger partial charge in [-0.1, -0.05) is 12.1 Å². The third kappa shape index (κ3) is 3.61. The van der Waals surface area contributed by atoms with E-state index in [0.29, 0.717) is 13.2 Å². The largest absolute Gasteiger partial charge is 0.497 e. The van der Waals surface area contributed by atoms with Crippen molar-refractivity contribution in [2.75, 3.05) is 13.7 Å². The molecule has 1 aliphatic rings. The summed E-state index contributed by atoms with van der Waals surface area (Å²) in [5.41, 5.74) is 1.13. The molecule has 17 heavy (non-hydrogen) atoms. The molecule has 5 heteroatoms. The average Bonchev–Trinajstić information content (AvgIpc) is 2.73. The normalized spacial score (nSPS) is 18.4. The summed E-state index contributed by atoms with van der Waals surface area (Å²) < 4.78 is 9.94. The second kappa shape index (κ2) is 6.47. The van der Waals surface area contributed by atoms with Crippen molar-refractivity contribution >= 4 is 18.4 Å². The summed E-state index contributed by atoms with van der Waals surface area (Å²) in [5.74, 6) is 0.692. The van der Waals surface area contributed by atoms with Crippen molar-refractivity contribution in [3.8, 4) is 5.75 Å². The second-order valence-electron chi connectivity index (χ2n) is 3.74. The molecular formula is C12H16ClNO3. The van der Waals surface area contributed by atoms with Crippen molar-refractivity contribution in [3.63, 3.8) is 0 Å². The van der Waals surface area contributed by atoms with Gasteiger partial charge in [0.15, 0.2) is 0 Å². The van der Waals surface area contributed by atoms with Crippen LogP contribution in [0.1, 0.15) is 12.0 Å². The molecule has 0 saturated carbocycles. The monoisotopic (exact) mass is 257 g/mol. The molecule has 0 aromatic heterocycles. The van der Waals surface area contributed by atoms with E-state index in [1.165, 1.54) is 0 Å². The summed E-state index contributed by atoms with van der Waals surface area (Å²) in [6.07, 6.45) is 0.759. The number of nitrogens with one attached hydrogen (secondary N) is 1. The fourth-order valence-corrected chi connectivity index (χ4v) is 1.67. The molecule has 0 radical (unpaired) electrons. The molecule has 1 aromatic rings. The van der Waals surface area contributed by atoms with Crippen LogP contribution in [-0.4, -0.2) is 25.7 Å². The van der Waals surface area contributed by atoms with Crippen molar-refractivity contribution in [2.24, 2.45) is 0 Å². The van der Waals surface area contributed by atoms with Crippen LogP contribution in [0.2, 0.25) is 0 Å². The molecule has 1 heterocycles. The van der Waals surface area contributed by atoms with Gasteiger partial charge in [-0.15, -0.1) is 12.4 Å². The highest BCUT2D eigenvalue weighted by Gasteiger charge is 2.25. The number of carbonyl (C=O) groups is 1. The smallest absolute Gasteiger partial charge is 0.323 e. The van der Waals surface area contributed by atoms with Crippen molar-refractivity contribution in [3.05, 3.63) is 29.8 Å². The van der Waals surface area contributed by atoms with Crippen LogP contribution in [0.5, 0.6) is 5.75 Å². The minimum atomic E-state index is -0.151. The van der Waals surface area contributed by atoms with E-state index in [1.54, 1.807) is 7.11 Å². The number of halogens is 1. The SMILES string of the molecule is COc1ccc(CNC2CCOC2=O)cc1.Cl. The third-order valence-corrected chi connectivity index (χ3v) is 2.65. The van der Waals surface area contributed by atoms with Crippen LogP contribution in [-0.2, 0) is 16.1 Å². The zero-order valence-corrected chi connectivity index (χ0v) is 10.5. The van der Waals surface area contributed by atoms with Gasteiger partial charge in [-0.3, -0.25) is 4.79 Å². The summed E-state index contributed by atoms with van der Waals surface area (Å²) in [6, 6.07) is 7.62.